The highest BCUT2D eigenvalue weighted by Gasteiger charge is 2.23. The summed E-state index contributed by atoms with van der Waals surface area (Å²) >= 11 is 1.40. The van der Waals surface area contributed by atoms with Gasteiger partial charge in [0.2, 0.25) is 5.91 Å². The summed E-state index contributed by atoms with van der Waals surface area (Å²) < 4.78 is 7.09. The number of H-pyrrole nitrogens is 1. The SMILES string of the molecule is COCCCNC(=O)C(C)Sc1nnc(-c2c[nH]c3ccccc23)n1-c1ccccc1C. The number of aromatic amines is 1. The molecular formula is C24H27N5O2S. The monoisotopic (exact) mass is 449 g/mol. The number of hydrogen-bond donors (Lipinski definition) is 2. The Kier molecular flexibility index (Phi) is 6.92. The van der Waals surface area contributed by atoms with E-state index in [1.165, 1.54) is 11.8 Å². The number of carbonyl (C=O) groups excluding carboxylic acids is 1. The lowest BCUT2D eigenvalue weighted by atomic mass is 10.1. The van der Waals surface area contributed by atoms with E-state index in [0.717, 1.165) is 40.0 Å². The first-order chi connectivity index (χ1) is 15.6. The third-order valence-electron chi connectivity index (χ3n) is 5.30. The van der Waals surface area contributed by atoms with Crippen molar-refractivity contribution in [3.05, 3.63) is 60.3 Å². The van der Waals surface area contributed by atoms with E-state index in [1.54, 1.807) is 7.11 Å². The maximum absolute atomic E-state index is 12.6. The van der Waals surface area contributed by atoms with Crippen LogP contribution in [0.2, 0.25) is 0 Å². The number of nitrogens with zero attached hydrogens (tertiary/aromatic N) is 3. The summed E-state index contributed by atoms with van der Waals surface area (Å²) in [4.78, 5) is 15.9. The van der Waals surface area contributed by atoms with Crippen LogP contribution < -0.4 is 5.32 Å². The zero-order valence-corrected chi connectivity index (χ0v) is 19.3. The minimum absolute atomic E-state index is 0.0286. The van der Waals surface area contributed by atoms with Gasteiger partial charge in [0.05, 0.1) is 10.9 Å². The van der Waals surface area contributed by atoms with E-state index >= 15 is 0 Å². The predicted octanol–water partition coefficient (Wildman–Crippen LogP) is 4.36. The first-order valence-electron chi connectivity index (χ1n) is 10.6. The molecule has 2 heterocycles. The second kappa shape index (κ2) is 10.0. The maximum Gasteiger partial charge on any atom is 0.233 e. The molecule has 4 rings (SSSR count). The first kappa shape index (κ1) is 22.1. The minimum atomic E-state index is -0.319. The fourth-order valence-corrected chi connectivity index (χ4v) is 4.48. The molecule has 8 heteroatoms. The molecule has 0 saturated carbocycles. The number of ether oxygens (including phenoxy) is 1. The zero-order chi connectivity index (χ0) is 22.5. The van der Waals surface area contributed by atoms with Gasteiger partial charge < -0.3 is 15.0 Å². The smallest absolute Gasteiger partial charge is 0.233 e. The van der Waals surface area contributed by atoms with E-state index in [9.17, 15) is 4.79 Å². The molecule has 32 heavy (non-hydrogen) atoms. The van der Waals surface area contributed by atoms with Gasteiger partial charge in [-0.2, -0.15) is 0 Å². The number of carbonyl (C=O) groups is 1. The summed E-state index contributed by atoms with van der Waals surface area (Å²) in [7, 11) is 1.66. The van der Waals surface area contributed by atoms with Crippen LogP contribution in [0.3, 0.4) is 0 Å². The van der Waals surface area contributed by atoms with Crippen molar-refractivity contribution in [3.63, 3.8) is 0 Å². The molecule has 0 aliphatic carbocycles. The van der Waals surface area contributed by atoms with Gasteiger partial charge in [-0.25, -0.2) is 0 Å². The number of para-hydroxylation sites is 2. The van der Waals surface area contributed by atoms with Gasteiger partial charge in [0.25, 0.3) is 0 Å². The molecule has 2 aromatic heterocycles. The minimum Gasteiger partial charge on any atom is -0.385 e. The Morgan fingerprint density at radius 2 is 1.97 bits per heavy atom. The van der Waals surface area contributed by atoms with Crippen LogP contribution in [0.5, 0.6) is 0 Å². The highest BCUT2D eigenvalue weighted by Crippen LogP contribution is 2.34. The van der Waals surface area contributed by atoms with Crippen LogP contribution >= 0.6 is 11.8 Å². The van der Waals surface area contributed by atoms with Gasteiger partial charge in [-0.1, -0.05) is 48.2 Å². The molecule has 166 valence electrons. The van der Waals surface area contributed by atoms with Gasteiger partial charge in [0.1, 0.15) is 0 Å². The summed E-state index contributed by atoms with van der Waals surface area (Å²) in [5.74, 6) is 0.714. The molecule has 0 radical (unpaired) electrons. The molecule has 0 spiro atoms. The Morgan fingerprint density at radius 1 is 1.19 bits per heavy atom. The van der Waals surface area contributed by atoms with Crippen molar-refractivity contribution in [2.45, 2.75) is 30.7 Å². The number of fused-ring (bicyclic) bond motifs is 1. The lowest BCUT2D eigenvalue weighted by Gasteiger charge is -2.15. The van der Waals surface area contributed by atoms with E-state index < -0.39 is 0 Å². The Balaban J connectivity index is 1.69. The Bertz CT molecular complexity index is 1220. The molecule has 2 N–H and O–H groups in total. The van der Waals surface area contributed by atoms with Crippen molar-refractivity contribution < 1.29 is 9.53 Å². The van der Waals surface area contributed by atoms with Crippen molar-refractivity contribution in [3.8, 4) is 17.1 Å². The largest absolute Gasteiger partial charge is 0.385 e. The molecule has 0 fully saturated rings. The number of aromatic nitrogens is 4. The first-order valence-corrected chi connectivity index (χ1v) is 11.5. The van der Waals surface area contributed by atoms with Crippen LogP contribution in [0, 0.1) is 6.92 Å². The lowest BCUT2D eigenvalue weighted by molar-refractivity contribution is -0.120. The van der Waals surface area contributed by atoms with Gasteiger partial charge in [-0.05, 0) is 38.0 Å². The van der Waals surface area contributed by atoms with E-state index in [0.29, 0.717) is 18.3 Å². The number of benzene rings is 2. The van der Waals surface area contributed by atoms with Crippen molar-refractivity contribution in [1.29, 1.82) is 0 Å². The van der Waals surface area contributed by atoms with Crippen LogP contribution in [0.4, 0.5) is 0 Å². The topological polar surface area (TPSA) is 84.8 Å². The van der Waals surface area contributed by atoms with Crippen LogP contribution in [-0.2, 0) is 9.53 Å². The molecule has 0 saturated heterocycles. The maximum atomic E-state index is 12.6. The molecule has 1 unspecified atom stereocenters. The summed E-state index contributed by atoms with van der Waals surface area (Å²) in [6, 6.07) is 16.3. The second-order valence-electron chi connectivity index (χ2n) is 7.57. The predicted molar refractivity (Wildman–Crippen MR) is 128 cm³/mol. The molecule has 1 atom stereocenters. The van der Waals surface area contributed by atoms with E-state index in [-0.39, 0.29) is 11.2 Å². The summed E-state index contributed by atoms with van der Waals surface area (Å²) in [6.07, 6.45) is 2.74. The van der Waals surface area contributed by atoms with Gasteiger partial charge in [-0.3, -0.25) is 9.36 Å². The molecule has 0 bridgehead atoms. The van der Waals surface area contributed by atoms with Gasteiger partial charge in [0, 0.05) is 42.9 Å². The number of hydrogen-bond acceptors (Lipinski definition) is 5. The average molecular weight is 450 g/mol. The number of methoxy groups -OCH3 is 1. The highest BCUT2D eigenvalue weighted by molar-refractivity contribution is 8.00. The van der Waals surface area contributed by atoms with Crippen molar-refractivity contribution in [1.82, 2.24) is 25.1 Å². The van der Waals surface area contributed by atoms with Gasteiger partial charge >= 0.3 is 0 Å². The van der Waals surface area contributed by atoms with Crippen LogP contribution in [-0.4, -0.2) is 51.2 Å². The van der Waals surface area contributed by atoms with Crippen molar-refractivity contribution in [2.75, 3.05) is 20.3 Å². The second-order valence-corrected chi connectivity index (χ2v) is 8.88. The van der Waals surface area contributed by atoms with Crippen molar-refractivity contribution in [2.24, 2.45) is 0 Å². The molecule has 1 amide bonds. The van der Waals surface area contributed by atoms with Crippen LogP contribution in [0.15, 0.2) is 59.9 Å². The van der Waals surface area contributed by atoms with Crippen molar-refractivity contribution >= 4 is 28.6 Å². The Hall–Kier alpha value is -3.10. The summed E-state index contributed by atoms with van der Waals surface area (Å²) in [6.45, 7) is 5.16. The fourth-order valence-electron chi connectivity index (χ4n) is 3.59. The standard InChI is InChI=1S/C24H27N5O2S/c1-16-9-4-7-12-21(16)29-22(19-15-26-20-11-6-5-10-18(19)20)27-28-24(29)32-17(2)23(30)25-13-8-14-31-3/h4-7,9-12,15,17,26H,8,13-14H2,1-3H3,(H,25,30). The third kappa shape index (κ3) is 4.56. The molecule has 4 aromatic rings. The number of nitrogens with one attached hydrogen (secondary N) is 2. The van der Waals surface area contributed by atoms with Gasteiger partial charge in [0.15, 0.2) is 11.0 Å². The van der Waals surface area contributed by atoms with E-state index in [4.69, 9.17) is 4.74 Å². The average Bonchev–Trinajstić information content (AvgIpc) is 3.41. The van der Waals surface area contributed by atoms with Crippen LogP contribution in [0.25, 0.3) is 28.0 Å². The van der Waals surface area contributed by atoms with Gasteiger partial charge in [-0.15, -0.1) is 10.2 Å². The number of amides is 1. The van der Waals surface area contributed by atoms with E-state index in [1.807, 2.05) is 48.0 Å². The molecule has 0 aliphatic heterocycles. The number of thioether (sulfide) groups is 1. The summed E-state index contributed by atoms with van der Waals surface area (Å²) in [5, 5.41) is 13.4. The Labute approximate surface area is 191 Å². The molecular weight excluding hydrogens is 422 g/mol. The molecule has 0 aliphatic rings. The quantitative estimate of drug-likeness (QED) is 0.293. The molecule has 2 aromatic carbocycles. The lowest BCUT2D eigenvalue weighted by Crippen LogP contribution is -2.32. The number of rotatable bonds is 9. The highest BCUT2D eigenvalue weighted by atomic mass is 32.2. The van der Waals surface area contributed by atoms with Crippen LogP contribution in [0.1, 0.15) is 18.9 Å². The summed E-state index contributed by atoms with van der Waals surface area (Å²) in [5.41, 5.74) is 4.11. The molecule has 7 nitrogen and oxygen atoms in total. The Morgan fingerprint density at radius 3 is 2.78 bits per heavy atom. The third-order valence-corrected chi connectivity index (χ3v) is 6.34. The zero-order valence-electron chi connectivity index (χ0n) is 18.5. The fraction of sp³-hybridized carbons (Fsp3) is 0.292. The normalized spacial score (nSPS) is 12.2. The number of aryl methyl sites for hydroxylation is 1. The van der Waals surface area contributed by atoms with E-state index in [2.05, 4.69) is 45.6 Å².